The number of hydrogen-bond donors (Lipinski definition) is 3. The third kappa shape index (κ3) is 6.10. The van der Waals surface area contributed by atoms with Crippen LogP contribution in [-0.4, -0.2) is 34.0 Å². The minimum absolute atomic E-state index is 0.0340. The third-order valence-corrected chi connectivity index (χ3v) is 5.90. The second kappa shape index (κ2) is 11.1. The third-order valence-electron chi connectivity index (χ3n) is 5.02. The van der Waals surface area contributed by atoms with Crippen molar-refractivity contribution in [2.45, 2.75) is 6.42 Å². The average molecular weight is 486 g/mol. The molecule has 0 aliphatic carbocycles. The number of thiophene rings is 1. The zero-order valence-corrected chi connectivity index (χ0v) is 19.5. The number of nitrogens with one attached hydrogen (secondary N) is 2. The topological polar surface area (TPSA) is 119 Å². The highest BCUT2D eigenvalue weighted by atomic mass is 32.1. The van der Waals surface area contributed by atoms with Crippen molar-refractivity contribution in [2.24, 2.45) is 5.73 Å². The lowest BCUT2D eigenvalue weighted by Crippen LogP contribution is -2.28. The van der Waals surface area contributed by atoms with E-state index in [0.717, 1.165) is 21.8 Å². The molecule has 0 saturated carbocycles. The van der Waals surface area contributed by atoms with E-state index in [9.17, 15) is 14.4 Å². The molecule has 8 nitrogen and oxygen atoms in total. The van der Waals surface area contributed by atoms with Gasteiger partial charge < -0.3 is 16.4 Å². The molecule has 0 radical (unpaired) electrons. The van der Waals surface area contributed by atoms with Crippen molar-refractivity contribution in [3.05, 3.63) is 95.5 Å². The molecule has 2 heterocycles. The van der Waals surface area contributed by atoms with E-state index in [1.807, 2.05) is 54.0 Å². The van der Waals surface area contributed by atoms with Crippen LogP contribution in [0.1, 0.15) is 22.3 Å². The number of anilines is 1. The lowest BCUT2D eigenvalue weighted by Gasteiger charge is -2.10. The maximum atomic E-state index is 12.7. The Morgan fingerprint density at radius 1 is 1.00 bits per heavy atom. The van der Waals surface area contributed by atoms with Crippen molar-refractivity contribution >= 4 is 40.8 Å². The Bertz CT molecular complexity index is 1360. The average Bonchev–Trinajstić information content (AvgIpc) is 3.53. The largest absolute Gasteiger partial charge is 0.370 e. The highest BCUT2D eigenvalue weighted by Gasteiger charge is 2.14. The Hall–Kier alpha value is -4.50. The molecule has 0 unspecified atom stereocenters. The number of hydrogen-bond acceptors (Lipinski definition) is 5. The second-order valence-corrected chi connectivity index (χ2v) is 8.48. The Kier molecular flexibility index (Phi) is 7.49. The molecule has 35 heavy (non-hydrogen) atoms. The molecule has 4 N–H and O–H groups in total. The lowest BCUT2D eigenvalue weighted by atomic mass is 10.1. The summed E-state index contributed by atoms with van der Waals surface area (Å²) in [5.41, 5.74) is 8.21. The number of carbonyl (C=O) groups is 3. The van der Waals surface area contributed by atoms with Crippen molar-refractivity contribution in [2.75, 3.05) is 11.9 Å². The minimum Gasteiger partial charge on any atom is -0.370 e. The van der Waals surface area contributed by atoms with Gasteiger partial charge in [0.2, 0.25) is 11.8 Å². The van der Waals surface area contributed by atoms with Gasteiger partial charge in [-0.25, -0.2) is 4.68 Å². The van der Waals surface area contributed by atoms with E-state index in [2.05, 4.69) is 10.6 Å². The molecular weight excluding hydrogens is 462 g/mol. The first kappa shape index (κ1) is 23.7. The van der Waals surface area contributed by atoms with Gasteiger partial charge in [-0.15, -0.1) is 11.3 Å². The van der Waals surface area contributed by atoms with Crippen LogP contribution in [0.4, 0.5) is 5.69 Å². The van der Waals surface area contributed by atoms with E-state index in [1.165, 1.54) is 6.08 Å². The van der Waals surface area contributed by atoms with Crippen LogP contribution in [-0.2, 0) is 9.59 Å². The molecule has 176 valence electrons. The highest BCUT2D eigenvalue weighted by Crippen LogP contribution is 2.28. The molecule has 3 amide bonds. The smallest absolute Gasteiger partial charge is 0.253 e. The molecule has 9 heteroatoms. The van der Waals surface area contributed by atoms with Gasteiger partial charge in [0.15, 0.2) is 0 Å². The molecule has 4 aromatic rings. The summed E-state index contributed by atoms with van der Waals surface area (Å²) in [4.78, 5) is 37.1. The molecule has 0 spiro atoms. The number of benzene rings is 2. The molecule has 4 rings (SSSR count). The van der Waals surface area contributed by atoms with E-state index in [1.54, 1.807) is 46.4 Å². The first-order chi connectivity index (χ1) is 17.0. The summed E-state index contributed by atoms with van der Waals surface area (Å²) in [6, 6.07) is 20.3. The maximum absolute atomic E-state index is 12.7. The number of carbonyl (C=O) groups excluding carboxylic acids is 3. The molecule has 0 atom stereocenters. The summed E-state index contributed by atoms with van der Waals surface area (Å²) in [6.45, 7) is 0.118. The lowest BCUT2D eigenvalue weighted by molar-refractivity contribution is -0.118. The first-order valence-corrected chi connectivity index (χ1v) is 11.7. The van der Waals surface area contributed by atoms with Gasteiger partial charge in [0.05, 0.1) is 21.8 Å². The van der Waals surface area contributed by atoms with E-state index in [0.29, 0.717) is 5.69 Å². The predicted molar refractivity (Wildman–Crippen MR) is 137 cm³/mol. The first-order valence-electron chi connectivity index (χ1n) is 10.8. The molecule has 0 bridgehead atoms. The number of aromatic nitrogens is 2. The molecule has 2 aromatic heterocycles. The quantitative estimate of drug-likeness (QED) is 0.312. The van der Waals surface area contributed by atoms with Crippen LogP contribution < -0.4 is 16.4 Å². The fraction of sp³-hybridized carbons (Fsp3) is 0.0769. The molecular formula is C26H23N5O3S. The number of nitrogens with two attached hydrogens (primary N) is 1. The van der Waals surface area contributed by atoms with Crippen LogP contribution >= 0.6 is 11.3 Å². The minimum atomic E-state index is -0.505. The van der Waals surface area contributed by atoms with Crippen molar-refractivity contribution in [3.8, 4) is 16.3 Å². The summed E-state index contributed by atoms with van der Waals surface area (Å²) in [7, 11) is 0. The maximum Gasteiger partial charge on any atom is 0.253 e. The van der Waals surface area contributed by atoms with Crippen LogP contribution in [0.15, 0.2) is 84.4 Å². The van der Waals surface area contributed by atoms with Gasteiger partial charge in [-0.2, -0.15) is 5.10 Å². The zero-order valence-electron chi connectivity index (χ0n) is 18.7. The van der Waals surface area contributed by atoms with Gasteiger partial charge in [-0.3, -0.25) is 14.4 Å². The van der Waals surface area contributed by atoms with E-state index < -0.39 is 17.7 Å². The Balaban J connectivity index is 1.52. The molecule has 0 fully saturated rings. The SMILES string of the molecule is NC(=O)CCNC(=O)c1ccccc1NC(=O)/C=C/c1cn(-c2ccccc2)nc1-c1cccs1. The molecule has 2 aromatic carbocycles. The number of primary amides is 1. The zero-order chi connectivity index (χ0) is 24.6. The van der Waals surface area contributed by atoms with Gasteiger partial charge in [-0.05, 0) is 41.8 Å². The van der Waals surface area contributed by atoms with Crippen LogP contribution in [0.5, 0.6) is 0 Å². The van der Waals surface area contributed by atoms with Crippen molar-refractivity contribution in [1.82, 2.24) is 15.1 Å². The fourth-order valence-corrected chi connectivity index (χ4v) is 4.08. The van der Waals surface area contributed by atoms with Gasteiger partial charge in [-0.1, -0.05) is 36.4 Å². The van der Waals surface area contributed by atoms with Crippen molar-refractivity contribution in [3.63, 3.8) is 0 Å². The van der Waals surface area contributed by atoms with Crippen LogP contribution in [0.3, 0.4) is 0 Å². The Morgan fingerprint density at radius 3 is 2.51 bits per heavy atom. The van der Waals surface area contributed by atoms with Crippen LogP contribution in [0, 0.1) is 0 Å². The highest BCUT2D eigenvalue weighted by molar-refractivity contribution is 7.13. The van der Waals surface area contributed by atoms with Gasteiger partial charge in [0, 0.05) is 30.8 Å². The summed E-state index contributed by atoms with van der Waals surface area (Å²) in [5, 5.41) is 12.1. The fourth-order valence-electron chi connectivity index (χ4n) is 3.35. The summed E-state index contributed by atoms with van der Waals surface area (Å²) in [6.07, 6.45) is 5.01. The van der Waals surface area contributed by atoms with Crippen LogP contribution in [0.2, 0.25) is 0 Å². The monoisotopic (exact) mass is 485 g/mol. The van der Waals surface area contributed by atoms with E-state index >= 15 is 0 Å². The number of para-hydroxylation sites is 2. The van der Waals surface area contributed by atoms with E-state index in [-0.39, 0.29) is 18.5 Å². The summed E-state index contributed by atoms with van der Waals surface area (Å²) in [5.74, 6) is -1.31. The normalized spacial score (nSPS) is 10.9. The van der Waals surface area contributed by atoms with Crippen molar-refractivity contribution < 1.29 is 14.4 Å². The van der Waals surface area contributed by atoms with E-state index in [4.69, 9.17) is 10.8 Å². The number of amides is 3. The Labute approximate surface area is 206 Å². The van der Waals surface area contributed by atoms with Gasteiger partial charge in [0.1, 0.15) is 5.69 Å². The molecule has 0 saturated heterocycles. The van der Waals surface area contributed by atoms with Gasteiger partial charge >= 0.3 is 0 Å². The van der Waals surface area contributed by atoms with Gasteiger partial charge in [0.25, 0.3) is 5.91 Å². The summed E-state index contributed by atoms with van der Waals surface area (Å²) < 4.78 is 1.78. The molecule has 0 aliphatic heterocycles. The van der Waals surface area contributed by atoms with Crippen molar-refractivity contribution in [1.29, 1.82) is 0 Å². The number of nitrogens with zero attached hydrogens (tertiary/aromatic N) is 2. The predicted octanol–water partition coefficient (Wildman–Crippen LogP) is 3.86. The standard InChI is InChI=1S/C26H23N5O3S/c27-23(32)14-15-28-26(34)20-9-4-5-10-21(20)29-24(33)13-12-18-17-31(19-7-2-1-3-8-19)30-25(18)22-11-6-16-35-22/h1-13,16-17H,14-15H2,(H2,27,32)(H,28,34)(H,29,33)/b13-12+. The summed E-state index contributed by atoms with van der Waals surface area (Å²) >= 11 is 1.57. The number of rotatable bonds is 9. The Morgan fingerprint density at radius 2 is 1.77 bits per heavy atom. The van der Waals surface area contributed by atoms with Crippen LogP contribution in [0.25, 0.3) is 22.3 Å². The second-order valence-electron chi connectivity index (χ2n) is 7.53. The molecule has 0 aliphatic rings.